The lowest BCUT2D eigenvalue weighted by molar-refractivity contribution is 1.03. The number of aryl methyl sites for hydroxylation is 2. The Bertz CT molecular complexity index is 445. The molecule has 0 amide bonds. The van der Waals surface area contributed by atoms with Gasteiger partial charge in [0.15, 0.2) is 0 Å². The van der Waals surface area contributed by atoms with Crippen LogP contribution in [-0.2, 0) is 5.88 Å². The summed E-state index contributed by atoms with van der Waals surface area (Å²) in [6.07, 6.45) is 2.01. The number of hydrogen-bond acceptors (Lipinski definition) is 1. The first kappa shape index (κ1) is 8.57. The van der Waals surface area contributed by atoms with Crippen LogP contribution in [0.5, 0.6) is 0 Å². The van der Waals surface area contributed by atoms with Gasteiger partial charge in [0, 0.05) is 6.20 Å². The molecule has 0 aliphatic carbocycles. The predicted molar refractivity (Wildman–Crippen MR) is 54.2 cm³/mol. The largest absolute Gasteiger partial charge is 0.303 e. The summed E-state index contributed by atoms with van der Waals surface area (Å²) >= 11 is 5.82. The molecule has 68 valence electrons. The molecular weight excluding hydrogens is 184 g/mol. The Hall–Kier alpha value is -1.02. The van der Waals surface area contributed by atoms with Gasteiger partial charge in [-0.05, 0) is 25.5 Å². The Labute approximate surface area is 82.2 Å². The van der Waals surface area contributed by atoms with Crippen molar-refractivity contribution in [1.29, 1.82) is 0 Å². The molecule has 3 heteroatoms. The van der Waals surface area contributed by atoms with Crippen molar-refractivity contribution < 1.29 is 0 Å². The van der Waals surface area contributed by atoms with Crippen molar-refractivity contribution in [1.82, 2.24) is 9.38 Å². The highest BCUT2D eigenvalue weighted by Crippen LogP contribution is 2.18. The zero-order chi connectivity index (χ0) is 9.42. The number of rotatable bonds is 1. The molecule has 0 saturated carbocycles. The first-order valence-corrected chi connectivity index (χ1v) is 4.76. The standard InChI is InChI=1S/C10H11ClN2/c1-7-4-3-5-13-8(2)12-9(6-11)10(7)13/h3-5H,6H2,1-2H3. The monoisotopic (exact) mass is 194 g/mol. The molecule has 0 saturated heterocycles. The molecule has 0 unspecified atom stereocenters. The maximum Gasteiger partial charge on any atom is 0.110 e. The summed E-state index contributed by atoms with van der Waals surface area (Å²) in [6.45, 7) is 4.06. The summed E-state index contributed by atoms with van der Waals surface area (Å²) in [7, 11) is 0. The van der Waals surface area contributed by atoms with Gasteiger partial charge in [-0.2, -0.15) is 0 Å². The van der Waals surface area contributed by atoms with Crippen LogP contribution in [0, 0.1) is 13.8 Å². The van der Waals surface area contributed by atoms with Crippen LogP contribution in [0.1, 0.15) is 17.1 Å². The van der Waals surface area contributed by atoms with Gasteiger partial charge in [0.25, 0.3) is 0 Å². The van der Waals surface area contributed by atoms with E-state index in [1.807, 2.05) is 19.2 Å². The second-order valence-corrected chi connectivity index (χ2v) is 3.42. The highest BCUT2D eigenvalue weighted by molar-refractivity contribution is 6.17. The van der Waals surface area contributed by atoms with Gasteiger partial charge in [-0.1, -0.05) is 6.07 Å². The van der Waals surface area contributed by atoms with Crippen LogP contribution >= 0.6 is 11.6 Å². The molecule has 0 fully saturated rings. The number of nitrogens with zero attached hydrogens (tertiary/aromatic N) is 2. The van der Waals surface area contributed by atoms with E-state index in [1.54, 1.807) is 0 Å². The number of fused-ring (bicyclic) bond motifs is 1. The average Bonchev–Trinajstić information content (AvgIpc) is 2.45. The second-order valence-electron chi connectivity index (χ2n) is 3.15. The molecule has 0 N–H and O–H groups in total. The molecule has 0 radical (unpaired) electrons. The first-order valence-electron chi connectivity index (χ1n) is 4.23. The topological polar surface area (TPSA) is 17.3 Å². The molecule has 0 aliphatic rings. The minimum atomic E-state index is 0.474. The molecule has 2 aromatic heterocycles. The smallest absolute Gasteiger partial charge is 0.110 e. The van der Waals surface area contributed by atoms with Crippen LogP contribution in [-0.4, -0.2) is 9.38 Å². The van der Waals surface area contributed by atoms with Gasteiger partial charge in [0.05, 0.1) is 17.1 Å². The lowest BCUT2D eigenvalue weighted by atomic mass is 10.2. The fourth-order valence-corrected chi connectivity index (χ4v) is 1.83. The Morgan fingerprint density at radius 2 is 2.23 bits per heavy atom. The first-order chi connectivity index (χ1) is 6.24. The number of hydrogen-bond donors (Lipinski definition) is 0. The van der Waals surface area contributed by atoms with E-state index in [9.17, 15) is 0 Å². The maximum absolute atomic E-state index is 5.82. The van der Waals surface area contributed by atoms with E-state index in [0.29, 0.717) is 5.88 Å². The zero-order valence-electron chi connectivity index (χ0n) is 7.71. The van der Waals surface area contributed by atoms with E-state index in [1.165, 1.54) is 5.56 Å². The van der Waals surface area contributed by atoms with Crippen molar-refractivity contribution >= 4 is 17.1 Å². The summed E-state index contributed by atoms with van der Waals surface area (Å²) < 4.78 is 2.08. The van der Waals surface area contributed by atoms with E-state index in [2.05, 4.69) is 22.4 Å². The summed E-state index contributed by atoms with van der Waals surface area (Å²) in [5.74, 6) is 1.47. The Kier molecular flexibility index (Phi) is 2.00. The van der Waals surface area contributed by atoms with Gasteiger partial charge in [0.1, 0.15) is 5.82 Å². The number of imidazole rings is 1. The zero-order valence-corrected chi connectivity index (χ0v) is 8.47. The van der Waals surface area contributed by atoms with Crippen molar-refractivity contribution in [2.45, 2.75) is 19.7 Å². The second kappa shape index (κ2) is 3.04. The SMILES string of the molecule is Cc1cccn2c(C)nc(CCl)c12. The van der Waals surface area contributed by atoms with Crippen LogP contribution < -0.4 is 0 Å². The molecule has 0 aromatic carbocycles. The Morgan fingerprint density at radius 1 is 1.46 bits per heavy atom. The molecule has 2 rings (SSSR count). The molecule has 2 heterocycles. The van der Waals surface area contributed by atoms with Gasteiger partial charge >= 0.3 is 0 Å². The summed E-state index contributed by atoms with van der Waals surface area (Å²) in [6, 6.07) is 4.10. The Morgan fingerprint density at radius 3 is 2.92 bits per heavy atom. The highest BCUT2D eigenvalue weighted by atomic mass is 35.5. The minimum absolute atomic E-state index is 0.474. The molecule has 2 nitrogen and oxygen atoms in total. The van der Waals surface area contributed by atoms with Crippen molar-refractivity contribution in [3.63, 3.8) is 0 Å². The maximum atomic E-state index is 5.82. The van der Waals surface area contributed by atoms with Crippen molar-refractivity contribution in [2.24, 2.45) is 0 Å². The highest BCUT2D eigenvalue weighted by Gasteiger charge is 2.07. The normalized spacial score (nSPS) is 11.0. The number of alkyl halides is 1. The lowest BCUT2D eigenvalue weighted by Gasteiger charge is -1.99. The summed E-state index contributed by atoms with van der Waals surface area (Å²) in [4.78, 5) is 4.40. The van der Waals surface area contributed by atoms with Gasteiger partial charge < -0.3 is 4.40 Å². The number of aromatic nitrogens is 2. The fraction of sp³-hybridized carbons (Fsp3) is 0.300. The molecule has 13 heavy (non-hydrogen) atoms. The van der Waals surface area contributed by atoms with Crippen molar-refractivity contribution in [3.05, 3.63) is 35.4 Å². The molecule has 0 bridgehead atoms. The van der Waals surface area contributed by atoms with Crippen LogP contribution in [0.3, 0.4) is 0 Å². The number of pyridine rings is 1. The minimum Gasteiger partial charge on any atom is -0.303 e. The van der Waals surface area contributed by atoms with Gasteiger partial charge in [-0.25, -0.2) is 4.98 Å². The van der Waals surface area contributed by atoms with E-state index in [-0.39, 0.29) is 0 Å². The lowest BCUT2D eigenvalue weighted by Crippen LogP contribution is -1.88. The third-order valence-electron chi connectivity index (χ3n) is 2.24. The molecule has 0 spiro atoms. The van der Waals surface area contributed by atoms with Gasteiger partial charge in [-0.3, -0.25) is 0 Å². The molecule has 0 atom stereocenters. The van der Waals surface area contributed by atoms with Gasteiger partial charge in [-0.15, -0.1) is 11.6 Å². The van der Waals surface area contributed by atoms with Crippen LogP contribution in [0.15, 0.2) is 18.3 Å². The quantitative estimate of drug-likeness (QED) is 0.638. The van der Waals surface area contributed by atoms with E-state index < -0.39 is 0 Å². The van der Waals surface area contributed by atoms with Crippen molar-refractivity contribution in [2.75, 3.05) is 0 Å². The van der Waals surface area contributed by atoms with Crippen LogP contribution in [0.4, 0.5) is 0 Å². The third kappa shape index (κ3) is 1.22. The molecule has 2 aromatic rings. The fourth-order valence-electron chi connectivity index (χ4n) is 1.65. The summed E-state index contributed by atoms with van der Waals surface area (Å²) in [5, 5.41) is 0. The Balaban J connectivity index is 2.89. The number of halogens is 1. The van der Waals surface area contributed by atoms with Crippen LogP contribution in [0.25, 0.3) is 5.52 Å². The average molecular weight is 195 g/mol. The van der Waals surface area contributed by atoms with Crippen molar-refractivity contribution in [3.8, 4) is 0 Å². The van der Waals surface area contributed by atoms with E-state index >= 15 is 0 Å². The molecule has 0 aliphatic heterocycles. The summed E-state index contributed by atoms with van der Waals surface area (Å²) in [5.41, 5.74) is 3.34. The third-order valence-corrected chi connectivity index (χ3v) is 2.49. The molecular formula is C10H11ClN2. The van der Waals surface area contributed by atoms with Crippen LogP contribution in [0.2, 0.25) is 0 Å². The predicted octanol–water partition coefficient (Wildman–Crippen LogP) is 2.69. The van der Waals surface area contributed by atoms with E-state index in [4.69, 9.17) is 11.6 Å². The van der Waals surface area contributed by atoms with Gasteiger partial charge in [0.2, 0.25) is 0 Å². The van der Waals surface area contributed by atoms with E-state index in [0.717, 1.165) is 17.0 Å².